The number of aromatic nitrogens is 2. The molecule has 1 fully saturated rings. The topological polar surface area (TPSA) is 74.5 Å². The van der Waals surface area contributed by atoms with Gasteiger partial charge in [-0.2, -0.15) is 5.10 Å². The minimum atomic E-state index is 0. The second-order valence-corrected chi connectivity index (χ2v) is 8.07. The maximum Gasteiger partial charge on any atom is 0.223 e. The number of halogens is 1. The normalized spacial score (nSPS) is 15.9. The number of carbonyl (C=O) groups is 1. The first-order valence-corrected chi connectivity index (χ1v) is 11.1. The van der Waals surface area contributed by atoms with Crippen LogP contribution in [-0.4, -0.2) is 53.2 Å². The summed E-state index contributed by atoms with van der Waals surface area (Å²) in [5.41, 5.74) is 3.46. The summed E-state index contributed by atoms with van der Waals surface area (Å²) in [6.45, 7) is 2.97. The number of carbonyl (C=O) groups excluding carboxylic acids is 1. The van der Waals surface area contributed by atoms with Crippen molar-refractivity contribution in [3.8, 4) is 5.69 Å². The van der Waals surface area contributed by atoms with Crippen LogP contribution in [0, 0.1) is 5.92 Å². The lowest BCUT2D eigenvalue weighted by Gasteiger charge is -2.18. The van der Waals surface area contributed by atoms with Gasteiger partial charge in [0, 0.05) is 58.0 Å². The van der Waals surface area contributed by atoms with E-state index in [0.717, 1.165) is 43.3 Å². The van der Waals surface area contributed by atoms with Gasteiger partial charge in [-0.15, -0.1) is 24.0 Å². The summed E-state index contributed by atoms with van der Waals surface area (Å²) >= 11 is 0. The van der Waals surface area contributed by atoms with Gasteiger partial charge >= 0.3 is 0 Å². The Balaban J connectivity index is 0.00000306. The molecule has 2 heterocycles. The van der Waals surface area contributed by atoms with Crippen LogP contribution in [0.15, 0.2) is 78.0 Å². The SMILES string of the molecule is CN=C(NCc1ccc(-n2cccn2)cc1)NCC1CC(=O)N(CCc2ccccc2)C1.I. The highest BCUT2D eigenvalue weighted by atomic mass is 127. The Labute approximate surface area is 212 Å². The van der Waals surface area contributed by atoms with Gasteiger partial charge in [0.15, 0.2) is 5.96 Å². The van der Waals surface area contributed by atoms with Gasteiger partial charge in [0.1, 0.15) is 0 Å². The third kappa shape index (κ3) is 7.05. The lowest BCUT2D eigenvalue weighted by atomic mass is 10.1. The number of nitrogens with zero attached hydrogens (tertiary/aromatic N) is 4. The van der Waals surface area contributed by atoms with Crippen molar-refractivity contribution in [2.75, 3.05) is 26.7 Å². The summed E-state index contributed by atoms with van der Waals surface area (Å²) in [5, 5.41) is 11.0. The van der Waals surface area contributed by atoms with Crippen molar-refractivity contribution < 1.29 is 4.79 Å². The molecule has 1 amide bonds. The smallest absolute Gasteiger partial charge is 0.223 e. The van der Waals surface area contributed by atoms with Crippen molar-refractivity contribution in [3.63, 3.8) is 0 Å². The monoisotopic (exact) mass is 558 g/mol. The molecule has 0 spiro atoms. The van der Waals surface area contributed by atoms with Gasteiger partial charge in [0.2, 0.25) is 5.91 Å². The molecule has 0 aliphatic carbocycles. The van der Waals surface area contributed by atoms with Crippen LogP contribution < -0.4 is 10.6 Å². The van der Waals surface area contributed by atoms with Gasteiger partial charge in [0.25, 0.3) is 0 Å². The Morgan fingerprint density at radius 2 is 1.85 bits per heavy atom. The van der Waals surface area contributed by atoms with E-state index in [9.17, 15) is 4.79 Å². The van der Waals surface area contributed by atoms with Crippen LogP contribution in [-0.2, 0) is 17.8 Å². The lowest BCUT2D eigenvalue weighted by Crippen LogP contribution is -2.40. The molecule has 1 aromatic heterocycles. The number of nitrogens with one attached hydrogen (secondary N) is 2. The maximum atomic E-state index is 12.4. The summed E-state index contributed by atoms with van der Waals surface area (Å²) in [6, 6.07) is 20.5. The highest BCUT2D eigenvalue weighted by Crippen LogP contribution is 2.17. The fourth-order valence-corrected chi connectivity index (χ4v) is 3.95. The third-order valence-electron chi connectivity index (χ3n) is 5.75. The van der Waals surface area contributed by atoms with E-state index in [-0.39, 0.29) is 29.9 Å². The fraction of sp³-hybridized carbons (Fsp3) is 0.320. The zero-order chi connectivity index (χ0) is 22.2. The van der Waals surface area contributed by atoms with E-state index < -0.39 is 0 Å². The molecule has 0 bridgehead atoms. The third-order valence-corrected chi connectivity index (χ3v) is 5.75. The van der Waals surface area contributed by atoms with Crippen molar-refractivity contribution >= 4 is 35.8 Å². The zero-order valence-electron chi connectivity index (χ0n) is 18.9. The van der Waals surface area contributed by atoms with Gasteiger partial charge in [0.05, 0.1) is 5.69 Å². The molecule has 2 N–H and O–H groups in total. The van der Waals surface area contributed by atoms with Crippen LogP contribution in [0.2, 0.25) is 0 Å². The van der Waals surface area contributed by atoms with Crippen molar-refractivity contribution in [1.82, 2.24) is 25.3 Å². The Morgan fingerprint density at radius 3 is 2.55 bits per heavy atom. The Kier molecular flexibility index (Phi) is 9.29. The lowest BCUT2D eigenvalue weighted by molar-refractivity contribution is -0.127. The quantitative estimate of drug-likeness (QED) is 0.253. The number of benzene rings is 2. The molecule has 1 unspecified atom stereocenters. The Bertz CT molecular complexity index is 1020. The highest BCUT2D eigenvalue weighted by molar-refractivity contribution is 14.0. The number of hydrogen-bond acceptors (Lipinski definition) is 3. The molecule has 7 nitrogen and oxygen atoms in total. The standard InChI is InChI=1S/C25H30N6O.HI/c1-26-25(27-17-21-8-10-23(11-9-21)31-14-5-13-29-31)28-18-22-16-24(32)30(19-22)15-12-20-6-3-2-4-7-20;/h2-11,13-14,22H,12,15-19H2,1H3,(H2,26,27,28);1H. The molecule has 2 aromatic carbocycles. The number of likely N-dealkylation sites (tertiary alicyclic amines) is 1. The van der Waals surface area contributed by atoms with E-state index in [2.05, 4.69) is 45.0 Å². The van der Waals surface area contributed by atoms with Crippen molar-refractivity contribution in [3.05, 3.63) is 84.2 Å². The molecule has 1 aliphatic rings. The van der Waals surface area contributed by atoms with Crippen LogP contribution in [0.3, 0.4) is 0 Å². The molecule has 1 atom stereocenters. The first kappa shape index (κ1) is 24.8. The molecule has 174 valence electrons. The van der Waals surface area contributed by atoms with Crippen molar-refractivity contribution in [2.45, 2.75) is 19.4 Å². The fourth-order valence-electron chi connectivity index (χ4n) is 3.95. The van der Waals surface area contributed by atoms with Crippen LogP contribution in [0.5, 0.6) is 0 Å². The summed E-state index contributed by atoms with van der Waals surface area (Å²) in [6.07, 6.45) is 5.18. The number of guanidine groups is 1. The van der Waals surface area contributed by atoms with E-state index in [1.165, 1.54) is 5.56 Å². The van der Waals surface area contributed by atoms with Crippen LogP contribution in [0.4, 0.5) is 0 Å². The van der Waals surface area contributed by atoms with E-state index in [1.54, 1.807) is 13.2 Å². The van der Waals surface area contributed by atoms with E-state index in [4.69, 9.17) is 0 Å². The van der Waals surface area contributed by atoms with Crippen LogP contribution in [0.25, 0.3) is 5.69 Å². The van der Waals surface area contributed by atoms with Gasteiger partial charge in [-0.3, -0.25) is 9.79 Å². The van der Waals surface area contributed by atoms with Crippen molar-refractivity contribution in [2.24, 2.45) is 10.9 Å². The molecule has 8 heteroatoms. The highest BCUT2D eigenvalue weighted by Gasteiger charge is 2.29. The van der Waals surface area contributed by atoms with Gasteiger partial charge in [-0.25, -0.2) is 4.68 Å². The molecule has 0 radical (unpaired) electrons. The molecule has 1 aliphatic heterocycles. The van der Waals surface area contributed by atoms with E-state index >= 15 is 0 Å². The molecule has 3 aromatic rings. The Hall–Kier alpha value is -2.88. The second-order valence-electron chi connectivity index (χ2n) is 8.07. The molecule has 1 saturated heterocycles. The van der Waals surface area contributed by atoms with Crippen molar-refractivity contribution in [1.29, 1.82) is 0 Å². The zero-order valence-corrected chi connectivity index (χ0v) is 21.2. The predicted octanol–water partition coefficient (Wildman–Crippen LogP) is 3.25. The molecule has 0 saturated carbocycles. The summed E-state index contributed by atoms with van der Waals surface area (Å²) in [7, 11) is 1.77. The first-order chi connectivity index (χ1) is 15.7. The number of rotatable bonds is 8. The van der Waals surface area contributed by atoms with Crippen LogP contribution >= 0.6 is 24.0 Å². The molecular weight excluding hydrogens is 527 g/mol. The second kappa shape index (κ2) is 12.4. The largest absolute Gasteiger partial charge is 0.356 e. The summed E-state index contributed by atoms with van der Waals surface area (Å²) in [5.74, 6) is 1.29. The maximum absolute atomic E-state index is 12.4. The van der Waals surface area contributed by atoms with E-state index in [0.29, 0.717) is 18.9 Å². The van der Waals surface area contributed by atoms with E-state index in [1.807, 2.05) is 52.2 Å². The van der Waals surface area contributed by atoms with Gasteiger partial charge in [-0.05, 0) is 35.7 Å². The average molecular weight is 558 g/mol. The van der Waals surface area contributed by atoms with Crippen LogP contribution in [0.1, 0.15) is 17.5 Å². The average Bonchev–Trinajstić information content (AvgIpc) is 3.49. The predicted molar refractivity (Wildman–Crippen MR) is 142 cm³/mol. The number of hydrogen-bond donors (Lipinski definition) is 2. The number of aliphatic imine (C=N–C) groups is 1. The summed E-state index contributed by atoms with van der Waals surface area (Å²) < 4.78 is 1.84. The minimum Gasteiger partial charge on any atom is -0.356 e. The number of amides is 1. The Morgan fingerprint density at radius 1 is 1.06 bits per heavy atom. The van der Waals surface area contributed by atoms with Gasteiger partial charge < -0.3 is 15.5 Å². The minimum absolute atomic E-state index is 0. The molecule has 4 rings (SSSR count). The van der Waals surface area contributed by atoms with Gasteiger partial charge in [-0.1, -0.05) is 42.5 Å². The summed E-state index contributed by atoms with van der Waals surface area (Å²) in [4.78, 5) is 18.7. The molecular formula is C25H31IN6O. The first-order valence-electron chi connectivity index (χ1n) is 11.1. The molecule has 33 heavy (non-hydrogen) atoms.